The fraction of sp³-hybridized carbons (Fsp3) is 0.481. The van der Waals surface area contributed by atoms with Gasteiger partial charge in [0.05, 0.1) is 11.9 Å². The normalized spacial score (nSPS) is 12.1. The second-order valence-corrected chi connectivity index (χ2v) is 10.7. The summed E-state index contributed by atoms with van der Waals surface area (Å²) in [5.74, 6) is -0.313. The molecule has 0 spiro atoms. The monoisotopic (exact) mass is 501 g/mol. The quantitative estimate of drug-likeness (QED) is 0.392. The van der Waals surface area contributed by atoms with E-state index in [2.05, 4.69) is 12.2 Å². The number of carbonyl (C=O) groups excluding carboxylic acids is 2. The number of aryl methyl sites for hydroxylation is 1. The molecule has 0 aliphatic rings. The summed E-state index contributed by atoms with van der Waals surface area (Å²) >= 11 is 0. The number of nitrogens with one attached hydrogen (secondary N) is 1. The van der Waals surface area contributed by atoms with Crippen LogP contribution >= 0.6 is 0 Å². The van der Waals surface area contributed by atoms with Gasteiger partial charge in [-0.15, -0.1) is 0 Å². The molecule has 2 aromatic rings. The molecule has 8 heteroatoms. The summed E-state index contributed by atoms with van der Waals surface area (Å²) < 4.78 is 26.3. The van der Waals surface area contributed by atoms with Crippen molar-refractivity contribution in [1.82, 2.24) is 10.2 Å². The zero-order valence-corrected chi connectivity index (χ0v) is 22.2. The van der Waals surface area contributed by atoms with Crippen molar-refractivity contribution in [3.05, 3.63) is 65.7 Å². The number of unbranched alkanes of at least 4 members (excludes halogenated alkanes) is 1. The van der Waals surface area contributed by atoms with Crippen LogP contribution in [-0.4, -0.2) is 50.5 Å². The van der Waals surface area contributed by atoms with E-state index >= 15 is 0 Å². The molecule has 0 saturated heterocycles. The maximum absolute atomic E-state index is 13.4. The number of hydrogen-bond acceptors (Lipinski definition) is 4. The van der Waals surface area contributed by atoms with Crippen LogP contribution < -0.4 is 9.62 Å². The van der Waals surface area contributed by atoms with Crippen molar-refractivity contribution in [3.63, 3.8) is 0 Å². The predicted molar refractivity (Wildman–Crippen MR) is 142 cm³/mol. The number of para-hydroxylation sites is 1. The average Bonchev–Trinajstić information content (AvgIpc) is 2.82. The van der Waals surface area contributed by atoms with E-state index in [1.54, 1.807) is 17.0 Å². The summed E-state index contributed by atoms with van der Waals surface area (Å²) in [5, 5.41) is 2.96. The maximum Gasteiger partial charge on any atom is 0.242 e. The van der Waals surface area contributed by atoms with Crippen LogP contribution in [0.2, 0.25) is 0 Å². The van der Waals surface area contributed by atoms with Gasteiger partial charge < -0.3 is 10.2 Å². The van der Waals surface area contributed by atoms with Gasteiger partial charge >= 0.3 is 0 Å². The summed E-state index contributed by atoms with van der Waals surface area (Å²) in [5.41, 5.74) is 2.41. The van der Waals surface area contributed by atoms with Gasteiger partial charge in [0.15, 0.2) is 0 Å². The van der Waals surface area contributed by atoms with E-state index in [1.165, 1.54) is 10.6 Å². The van der Waals surface area contributed by atoms with Gasteiger partial charge in [0.25, 0.3) is 0 Å². The molecule has 2 aromatic carbocycles. The van der Waals surface area contributed by atoms with Crippen molar-refractivity contribution in [3.8, 4) is 0 Å². The third-order valence-electron chi connectivity index (χ3n) is 5.95. The Hall–Kier alpha value is -2.87. The SMILES string of the molecule is CCCCNC(=O)C(CC)N(Cc1ccccc1)C(=O)CCCN(c1ccccc1C)S(C)(=O)=O. The number of carbonyl (C=O) groups is 2. The van der Waals surface area contributed by atoms with E-state index in [0.717, 1.165) is 24.0 Å². The standard InChI is InChI=1S/C27H39N3O4S/c1-5-7-19-28-27(32)24(6-2)29(21-23-15-9-8-10-16-23)26(31)18-13-20-30(35(4,33)34)25-17-12-11-14-22(25)3/h8-12,14-17,24H,5-7,13,18-21H2,1-4H3,(H,28,32). The third kappa shape index (κ3) is 8.69. The van der Waals surface area contributed by atoms with Gasteiger partial charge in [0, 0.05) is 26.1 Å². The molecule has 35 heavy (non-hydrogen) atoms. The molecule has 0 fully saturated rings. The summed E-state index contributed by atoms with van der Waals surface area (Å²) in [7, 11) is -3.51. The van der Waals surface area contributed by atoms with Gasteiger partial charge in [0.2, 0.25) is 21.8 Å². The Morgan fingerprint density at radius 2 is 1.63 bits per heavy atom. The highest BCUT2D eigenvalue weighted by molar-refractivity contribution is 7.92. The highest BCUT2D eigenvalue weighted by Crippen LogP contribution is 2.23. The van der Waals surface area contributed by atoms with Crippen LogP contribution in [0.25, 0.3) is 0 Å². The summed E-state index contributed by atoms with van der Waals surface area (Å²) in [6, 6.07) is 16.3. The average molecular weight is 502 g/mol. The van der Waals surface area contributed by atoms with Crippen molar-refractivity contribution in [2.24, 2.45) is 0 Å². The zero-order chi connectivity index (χ0) is 25.8. The van der Waals surface area contributed by atoms with E-state index in [9.17, 15) is 18.0 Å². The Morgan fingerprint density at radius 1 is 0.971 bits per heavy atom. The van der Waals surface area contributed by atoms with Crippen molar-refractivity contribution in [1.29, 1.82) is 0 Å². The largest absolute Gasteiger partial charge is 0.354 e. The minimum atomic E-state index is -3.51. The van der Waals surface area contributed by atoms with Gasteiger partial charge in [-0.05, 0) is 43.4 Å². The van der Waals surface area contributed by atoms with Crippen molar-refractivity contribution < 1.29 is 18.0 Å². The molecule has 0 aliphatic carbocycles. The number of benzene rings is 2. The van der Waals surface area contributed by atoms with Crippen molar-refractivity contribution in [2.75, 3.05) is 23.7 Å². The first kappa shape index (κ1) is 28.4. The third-order valence-corrected chi connectivity index (χ3v) is 7.13. The molecule has 2 amide bonds. The second kappa shape index (κ2) is 13.9. The van der Waals surface area contributed by atoms with Gasteiger partial charge in [-0.1, -0.05) is 68.8 Å². The number of nitrogens with zero attached hydrogens (tertiary/aromatic N) is 2. The van der Waals surface area contributed by atoms with Crippen LogP contribution in [0.4, 0.5) is 5.69 Å². The first-order valence-electron chi connectivity index (χ1n) is 12.3. The zero-order valence-electron chi connectivity index (χ0n) is 21.4. The fourth-order valence-electron chi connectivity index (χ4n) is 4.03. The topological polar surface area (TPSA) is 86.8 Å². The minimum absolute atomic E-state index is 0.142. The Bertz CT molecular complexity index is 1060. The van der Waals surface area contributed by atoms with Crippen molar-refractivity contribution in [2.45, 2.75) is 65.5 Å². The number of hydrogen-bond donors (Lipinski definition) is 1. The van der Waals surface area contributed by atoms with Crippen LogP contribution in [0.1, 0.15) is 57.1 Å². The Kier molecular flexibility index (Phi) is 11.2. The van der Waals surface area contributed by atoms with Gasteiger partial charge in [0.1, 0.15) is 6.04 Å². The van der Waals surface area contributed by atoms with Crippen LogP contribution in [0, 0.1) is 6.92 Å². The molecular weight excluding hydrogens is 462 g/mol. The van der Waals surface area contributed by atoms with E-state index in [-0.39, 0.29) is 24.8 Å². The molecule has 7 nitrogen and oxygen atoms in total. The molecule has 192 valence electrons. The second-order valence-electron chi connectivity index (χ2n) is 8.80. The highest BCUT2D eigenvalue weighted by atomic mass is 32.2. The Labute approximate surface area is 210 Å². The molecule has 0 saturated carbocycles. The highest BCUT2D eigenvalue weighted by Gasteiger charge is 2.28. The molecular formula is C27H39N3O4S. The predicted octanol–water partition coefficient (Wildman–Crippen LogP) is 4.26. The van der Waals surface area contributed by atoms with Crippen LogP contribution in [0.15, 0.2) is 54.6 Å². The smallest absolute Gasteiger partial charge is 0.242 e. The molecule has 1 unspecified atom stereocenters. The summed E-state index contributed by atoms with van der Waals surface area (Å²) in [6.45, 7) is 6.92. The molecule has 0 heterocycles. The molecule has 1 atom stereocenters. The lowest BCUT2D eigenvalue weighted by Crippen LogP contribution is -2.49. The Balaban J connectivity index is 2.17. The molecule has 1 N–H and O–H groups in total. The molecule has 0 radical (unpaired) electrons. The van der Waals surface area contributed by atoms with Gasteiger partial charge in [-0.3, -0.25) is 13.9 Å². The van der Waals surface area contributed by atoms with E-state index < -0.39 is 16.1 Å². The molecule has 0 aliphatic heterocycles. The van der Waals surface area contributed by atoms with Crippen LogP contribution in [0.3, 0.4) is 0 Å². The lowest BCUT2D eigenvalue weighted by atomic mass is 10.1. The summed E-state index contributed by atoms with van der Waals surface area (Å²) in [4.78, 5) is 28.0. The lowest BCUT2D eigenvalue weighted by molar-refractivity contribution is -0.141. The molecule has 2 rings (SSSR count). The molecule has 0 aromatic heterocycles. The van der Waals surface area contributed by atoms with Gasteiger partial charge in [-0.25, -0.2) is 8.42 Å². The minimum Gasteiger partial charge on any atom is -0.354 e. The number of rotatable bonds is 14. The van der Waals surface area contributed by atoms with Crippen LogP contribution in [-0.2, 0) is 26.2 Å². The number of sulfonamides is 1. The fourth-order valence-corrected chi connectivity index (χ4v) is 5.05. The number of anilines is 1. The summed E-state index contributed by atoms with van der Waals surface area (Å²) in [6.07, 6.45) is 4.02. The maximum atomic E-state index is 13.4. The number of amides is 2. The van der Waals surface area contributed by atoms with Crippen molar-refractivity contribution >= 4 is 27.5 Å². The first-order chi connectivity index (χ1) is 16.7. The first-order valence-corrected chi connectivity index (χ1v) is 14.2. The van der Waals surface area contributed by atoms with E-state index in [4.69, 9.17) is 0 Å². The van der Waals surface area contributed by atoms with Crippen LogP contribution in [0.5, 0.6) is 0 Å². The lowest BCUT2D eigenvalue weighted by Gasteiger charge is -2.31. The van der Waals surface area contributed by atoms with E-state index in [0.29, 0.717) is 31.6 Å². The van der Waals surface area contributed by atoms with Gasteiger partial charge in [-0.2, -0.15) is 0 Å². The Morgan fingerprint density at radius 3 is 2.23 bits per heavy atom. The molecule has 0 bridgehead atoms. The van der Waals surface area contributed by atoms with E-state index in [1.807, 2.05) is 56.3 Å².